The van der Waals surface area contributed by atoms with E-state index in [0.717, 1.165) is 19.5 Å². The summed E-state index contributed by atoms with van der Waals surface area (Å²) in [7, 11) is 1.96. The Morgan fingerprint density at radius 3 is 2.71 bits per heavy atom. The van der Waals surface area contributed by atoms with Crippen molar-refractivity contribution in [1.29, 1.82) is 0 Å². The molecule has 0 spiro atoms. The zero-order chi connectivity index (χ0) is 10.6. The first kappa shape index (κ1) is 11.2. The van der Waals surface area contributed by atoms with Gasteiger partial charge in [-0.15, -0.1) is 0 Å². The number of hydrogen-bond donors (Lipinski definition) is 1. The van der Waals surface area contributed by atoms with E-state index in [1.54, 1.807) is 0 Å². The van der Waals surface area contributed by atoms with E-state index in [0.29, 0.717) is 5.41 Å². The third-order valence-electron chi connectivity index (χ3n) is 2.24. The molecule has 0 aromatic carbocycles. The maximum Gasteiger partial charge on any atom is 0.0521 e. The summed E-state index contributed by atoms with van der Waals surface area (Å²) in [6.07, 6.45) is 3.03. The lowest BCUT2D eigenvalue weighted by Gasteiger charge is -2.18. The quantitative estimate of drug-likeness (QED) is 0.796. The smallest absolute Gasteiger partial charge is 0.0521 e. The molecule has 1 aromatic heterocycles. The Bertz CT molecular complexity index is 270. The summed E-state index contributed by atoms with van der Waals surface area (Å²) in [6, 6.07) is 2.07. The Morgan fingerprint density at radius 2 is 2.14 bits per heavy atom. The minimum atomic E-state index is 0.378. The van der Waals surface area contributed by atoms with Crippen LogP contribution < -0.4 is 5.32 Å². The van der Waals surface area contributed by atoms with Gasteiger partial charge >= 0.3 is 0 Å². The second-order valence-corrected chi connectivity index (χ2v) is 4.89. The largest absolute Gasteiger partial charge is 0.314 e. The number of aryl methyl sites for hydroxylation is 1. The van der Waals surface area contributed by atoms with Crippen molar-refractivity contribution in [2.75, 3.05) is 7.05 Å². The summed E-state index contributed by atoms with van der Waals surface area (Å²) in [5, 5.41) is 7.46. The van der Waals surface area contributed by atoms with Gasteiger partial charge in [-0.3, -0.25) is 4.68 Å². The topological polar surface area (TPSA) is 29.9 Å². The van der Waals surface area contributed by atoms with Gasteiger partial charge in [-0.1, -0.05) is 20.8 Å². The Balaban J connectivity index is 2.53. The lowest BCUT2D eigenvalue weighted by atomic mass is 9.92. The molecule has 0 amide bonds. The van der Waals surface area contributed by atoms with Gasteiger partial charge in [-0.25, -0.2) is 0 Å². The molecule has 14 heavy (non-hydrogen) atoms. The molecule has 0 aliphatic rings. The zero-order valence-electron chi connectivity index (χ0n) is 9.67. The molecule has 0 saturated carbocycles. The van der Waals surface area contributed by atoms with Crippen LogP contribution in [0.2, 0.25) is 0 Å². The highest BCUT2D eigenvalue weighted by Crippen LogP contribution is 2.19. The third kappa shape index (κ3) is 3.50. The van der Waals surface area contributed by atoms with Crippen molar-refractivity contribution < 1.29 is 0 Å². The maximum atomic E-state index is 4.31. The monoisotopic (exact) mass is 195 g/mol. The van der Waals surface area contributed by atoms with Crippen LogP contribution in [0.5, 0.6) is 0 Å². The molecule has 0 aliphatic carbocycles. The molecule has 3 nitrogen and oxygen atoms in total. The maximum absolute atomic E-state index is 4.31. The fraction of sp³-hybridized carbons (Fsp3) is 0.727. The van der Waals surface area contributed by atoms with E-state index in [1.165, 1.54) is 5.69 Å². The predicted molar refractivity (Wildman–Crippen MR) is 59.1 cm³/mol. The Hall–Kier alpha value is -0.830. The average Bonchev–Trinajstić information content (AvgIpc) is 2.48. The molecular formula is C11H21N3. The van der Waals surface area contributed by atoms with Crippen LogP contribution in [0.15, 0.2) is 12.3 Å². The summed E-state index contributed by atoms with van der Waals surface area (Å²) >= 11 is 0. The number of aromatic nitrogens is 2. The van der Waals surface area contributed by atoms with E-state index in [1.807, 2.05) is 13.2 Å². The van der Waals surface area contributed by atoms with E-state index in [-0.39, 0.29) is 0 Å². The fourth-order valence-electron chi connectivity index (χ4n) is 1.33. The van der Waals surface area contributed by atoms with Gasteiger partial charge in [0.15, 0.2) is 0 Å². The molecule has 3 heteroatoms. The predicted octanol–water partition coefficient (Wildman–Crippen LogP) is 2.04. The van der Waals surface area contributed by atoms with Crippen LogP contribution in [0.4, 0.5) is 0 Å². The minimum absolute atomic E-state index is 0.378. The number of nitrogens with one attached hydrogen (secondary N) is 1. The third-order valence-corrected chi connectivity index (χ3v) is 2.24. The van der Waals surface area contributed by atoms with E-state index >= 15 is 0 Å². The van der Waals surface area contributed by atoms with Crippen LogP contribution in [0.3, 0.4) is 0 Å². The Kier molecular flexibility index (Phi) is 3.69. The Labute approximate surface area is 86.5 Å². The second kappa shape index (κ2) is 4.60. The molecule has 0 atom stereocenters. The molecule has 0 unspecified atom stereocenters. The van der Waals surface area contributed by atoms with Crippen LogP contribution in [-0.4, -0.2) is 16.8 Å². The summed E-state index contributed by atoms with van der Waals surface area (Å²) in [6.45, 7) is 8.67. The molecule has 1 heterocycles. The van der Waals surface area contributed by atoms with Crippen molar-refractivity contribution >= 4 is 0 Å². The van der Waals surface area contributed by atoms with E-state index < -0.39 is 0 Å². The number of rotatable bonds is 4. The molecule has 0 bridgehead atoms. The van der Waals surface area contributed by atoms with E-state index in [2.05, 4.69) is 41.9 Å². The van der Waals surface area contributed by atoms with Crippen molar-refractivity contribution in [3.63, 3.8) is 0 Å². The fourth-order valence-corrected chi connectivity index (χ4v) is 1.33. The molecule has 1 rings (SSSR count). The molecule has 1 N–H and O–H groups in total. The van der Waals surface area contributed by atoms with E-state index in [9.17, 15) is 0 Å². The van der Waals surface area contributed by atoms with Crippen LogP contribution in [0.25, 0.3) is 0 Å². The van der Waals surface area contributed by atoms with Gasteiger partial charge in [0.1, 0.15) is 0 Å². The lowest BCUT2D eigenvalue weighted by molar-refractivity contribution is 0.337. The highest BCUT2D eigenvalue weighted by molar-refractivity contribution is 4.99. The molecule has 0 fully saturated rings. The highest BCUT2D eigenvalue weighted by atomic mass is 15.3. The number of nitrogens with zero attached hydrogens (tertiary/aromatic N) is 2. The van der Waals surface area contributed by atoms with Crippen LogP contribution >= 0.6 is 0 Å². The zero-order valence-corrected chi connectivity index (χ0v) is 9.67. The number of hydrogen-bond acceptors (Lipinski definition) is 2. The lowest BCUT2D eigenvalue weighted by Crippen LogP contribution is -2.16. The normalized spacial score (nSPS) is 12.0. The van der Waals surface area contributed by atoms with Crippen molar-refractivity contribution in [3.05, 3.63) is 18.0 Å². The van der Waals surface area contributed by atoms with Gasteiger partial charge in [-0.05, 0) is 24.9 Å². The standard InChI is InChI=1S/C11H21N3/c1-11(2,3)6-8-14-10(9-12-4)5-7-13-14/h5,7,12H,6,8-9H2,1-4H3. The van der Waals surface area contributed by atoms with Crippen molar-refractivity contribution in [3.8, 4) is 0 Å². The molecule has 0 aliphatic heterocycles. The van der Waals surface area contributed by atoms with Crippen molar-refractivity contribution in [2.24, 2.45) is 5.41 Å². The molecule has 80 valence electrons. The van der Waals surface area contributed by atoms with Crippen LogP contribution in [0.1, 0.15) is 32.9 Å². The van der Waals surface area contributed by atoms with Gasteiger partial charge in [0.25, 0.3) is 0 Å². The minimum Gasteiger partial charge on any atom is -0.314 e. The first-order chi connectivity index (χ1) is 6.53. The molecule has 0 saturated heterocycles. The highest BCUT2D eigenvalue weighted by Gasteiger charge is 2.11. The SMILES string of the molecule is CNCc1ccnn1CCC(C)(C)C. The van der Waals surface area contributed by atoms with Gasteiger partial charge in [0, 0.05) is 19.3 Å². The Morgan fingerprint density at radius 1 is 1.43 bits per heavy atom. The van der Waals surface area contributed by atoms with Gasteiger partial charge in [-0.2, -0.15) is 5.10 Å². The molecule has 0 radical (unpaired) electrons. The first-order valence-electron chi connectivity index (χ1n) is 5.18. The average molecular weight is 195 g/mol. The molecule has 1 aromatic rings. The van der Waals surface area contributed by atoms with Crippen LogP contribution in [0, 0.1) is 5.41 Å². The first-order valence-corrected chi connectivity index (χ1v) is 5.18. The summed E-state index contributed by atoms with van der Waals surface area (Å²) in [5.74, 6) is 0. The summed E-state index contributed by atoms with van der Waals surface area (Å²) < 4.78 is 2.09. The summed E-state index contributed by atoms with van der Waals surface area (Å²) in [5.41, 5.74) is 1.64. The van der Waals surface area contributed by atoms with E-state index in [4.69, 9.17) is 0 Å². The van der Waals surface area contributed by atoms with Gasteiger partial charge in [0.2, 0.25) is 0 Å². The van der Waals surface area contributed by atoms with Crippen molar-refractivity contribution in [2.45, 2.75) is 40.3 Å². The molecular weight excluding hydrogens is 174 g/mol. The summed E-state index contributed by atoms with van der Waals surface area (Å²) in [4.78, 5) is 0. The van der Waals surface area contributed by atoms with Crippen molar-refractivity contribution in [1.82, 2.24) is 15.1 Å². The second-order valence-electron chi connectivity index (χ2n) is 4.89. The van der Waals surface area contributed by atoms with Crippen LogP contribution in [-0.2, 0) is 13.1 Å². The van der Waals surface area contributed by atoms with Gasteiger partial charge in [0.05, 0.1) is 5.69 Å². The van der Waals surface area contributed by atoms with Gasteiger partial charge < -0.3 is 5.32 Å².